The van der Waals surface area contributed by atoms with Gasteiger partial charge in [0.25, 0.3) is 0 Å². The first-order valence-corrected chi connectivity index (χ1v) is 6.67. The lowest BCUT2D eigenvalue weighted by molar-refractivity contribution is 0.617. The van der Waals surface area contributed by atoms with Crippen LogP contribution in [-0.2, 0) is 5.75 Å². The van der Waals surface area contributed by atoms with Gasteiger partial charge in [0.05, 0.1) is 0 Å². The van der Waals surface area contributed by atoms with Gasteiger partial charge >= 0.3 is 0 Å². The molecule has 1 unspecified atom stereocenters. The summed E-state index contributed by atoms with van der Waals surface area (Å²) in [5, 5.41) is 0. The zero-order valence-corrected chi connectivity index (χ0v) is 10.6. The third-order valence-corrected chi connectivity index (χ3v) is 3.63. The van der Waals surface area contributed by atoms with E-state index in [1.54, 1.807) is 17.8 Å². The minimum atomic E-state index is -0.121. The predicted octanol–water partition coefficient (Wildman–Crippen LogP) is 4.70. The fraction of sp³-hybridized carbons (Fsp3) is 0.200. The smallest absolute Gasteiger partial charge is 0.127 e. The Balaban J connectivity index is 2.01. The summed E-state index contributed by atoms with van der Waals surface area (Å²) < 4.78 is 13.4. The van der Waals surface area contributed by atoms with Crippen LogP contribution in [0, 0.1) is 11.7 Å². The van der Waals surface area contributed by atoms with Crippen molar-refractivity contribution >= 4 is 11.8 Å². The normalized spacial score (nSPS) is 18.9. The van der Waals surface area contributed by atoms with Crippen molar-refractivity contribution in [3.8, 4) is 0 Å². The van der Waals surface area contributed by atoms with Crippen molar-refractivity contribution in [2.75, 3.05) is 0 Å². The van der Waals surface area contributed by atoms with E-state index < -0.39 is 0 Å². The summed E-state index contributed by atoms with van der Waals surface area (Å²) in [6.07, 6.45) is 10.5. The molecule has 1 aromatic rings. The fourth-order valence-electron chi connectivity index (χ4n) is 1.63. The van der Waals surface area contributed by atoms with Crippen LogP contribution in [0.3, 0.4) is 0 Å². The van der Waals surface area contributed by atoms with E-state index >= 15 is 0 Å². The van der Waals surface area contributed by atoms with Gasteiger partial charge < -0.3 is 0 Å². The van der Waals surface area contributed by atoms with Crippen LogP contribution in [0.5, 0.6) is 0 Å². The third kappa shape index (κ3) is 3.60. The topological polar surface area (TPSA) is 0 Å². The summed E-state index contributed by atoms with van der Waals surface area (Å²) in [5.74, 6) is 0.993. The number of thioether (sulfide) groups is 1. The van der Waals surface area contributed by atoms with Crippen LogP contribution in [-0.4, -0.2) is 0 Å². The summed E-state index contributed by atoms with van der Waals surface area (Å²) in [7, 11) is 0. The lowest BCUT2D eigenvalue weighted by Crippen LogP contribution is -1.87. The molecule has 1 aliphatic carbocycles. The van der Waals surface area contributed by atoms with E-state index in [0.29, 0.717) is 11.7 Å². The Morgan fingerprint density at radius 1 is 1.24 bits per heavy atom. The molecule has 0 bridgehead atoms. The Morgan fingerprint density at radius 3 is 2.88 bits per heavy atom. The Hall–Kier alpha value is -1.28. The predicted molar refractivity (Wildman–Crippen MR) is 73.2 cm³/mol. The second-order valence-corrected chi connectivity index (χ2v) is 5.10. The zero-order valence-electron chi connectivity index (χ0n) is 9.77. The van der Waals surface area contributed by atoms with Crippen molar-refractivity contribution in [1.29, 1.82) is 0 Å². The third-order valence-electron chi connectivity index (χ3n) is 2.57. The van der Waals surface area contributed by atoms with Crippen LogP contribution in [0.4, 0.5) is 4.39 Å². The lowest BCUT2D eigenvalue weighted by atomic mass is 10.2. The van der Waals surface area contributed by atoms with Gasteiger partial charge in [-0.05, 0) is 23.6 Å². The van der Waals surface area contributed by atoms with E-state index in [2.05, 4.69) is 31.2 Å². The lowest BCUT2D eigenvalue weighted by Gasteiger charge is -2.05. The second kappa shape index (κ2) is 5.87. The van der Waals surface area contributed by atoms with Crippen LogP contribution in [0.15, 0.2) is 59.6 Å². The van der Waals surface area contributed by atoms with Crippen LogP contribution in [0.2, 0.25) is 0 Å². The molecule has 17 heavy (non-hydrogen) atoms. The van der Waals surface area contributed by atoms with Gasteiger partial charge in [0.15, 0.2) is 0 Å². The quantitative estimate of drug-likeness (QED) is 0.744. The summed E-state index contributed by atoms with van der Waals surface area (Å²) in [4.78, 5) is 1.20. The van der Waals surface area contributed by atoms with E-state index in [4.69, 9.17) is 0 Å². The van der Waals surface area contributed by atoms with E-state index in [9.17, 15) is 4.39 Å². The average Bonchev–Trinajstić information content (AvgIpc) is 2.53. The van der Waals surface area contributed by atoms with Gasteiger partial charge in [0.2, 0.25) is 0 Å². The molecule has 88 valence electrons. The van der Waals surface area contributed by atoms with E-state index in [0.717, 1.165) is 5.56 Å². The van der Waals surface area contributed by atoms with Gasteiger partial charge in [0.1, 0.15) is 5.82 Å². The van der Waals surface area contributed by atoms with Gasteiger partial charge in [0, 0.05) is 10.7 Å². The monoisotopic (exact) mass is 246 g/mol. The Labute approximate surface area is 106 Å². The van der Waals surface area contributed by atoms with Crippen LogP contribution < -0.4 is 0 Å². The number of hydrogen-bond acceptors (Lipinski definition) is 1. The highest BCUT2D eigenvalue weighted by atomic mass is 32.2. The number of halogens is 1. The van der Waals surface area contributed by atoms with Crippen molar-refractivity contribution in [3.63, 3.8) is 0 Å². The first kappa shape index (κ1) is 12.2. The van der Waals surface area contributed by atoms with Crippen molar-refractivity contribution in [2.45, 2.75) is 12.7 Å². The number of benzene rings is 1. The van der Waals surface area contributed by atoms with Gasteiger partial charge in [-0.25, -0.2) is 4.39 Å². The average molecular weight is 246 g/mol. The highest BCUT2D eigenvalue weighted by Crippen LogP contribution is 2.26. The van der Waals surface area contributed by atoms with E-state index in [-0.39, 0.29) is 5.82 Å². The van der Waals surface area contributed by atoms with Crippen LogP contribution >= 0.6 is 11.8 Å². The number of allylic oxidation sites excluding steroid dienone is 5. The Kier molecular flexibility index (Phi) is 4.21. The van der Waals surface area contributed by atoms with Gasteiger partial charge in [-0.2, -0.15) is 0 Å². The standard InChI is InChI=1S/C15H15FS/c1-12-6-2-4-8-14(10-12)17-11-13-7-3-5-9-15(13)16/h2-10,12H,11H2,1H3. The molecule has 0 radical (unpaired) electrons. The fourth-order valence-corrected chi connectivity index (χ4v) is 2.67. The molecule has 0 fully saturated rings. The van der Waals surface area contributed by atoms with Crippen molar-refractivity contribution in [2.24, 2.45) is 5.92 Å². The van der Waals surface area contributed by atoms with Gasteiger partial charge in [-0.15, -0.1) is 11.8 Å². The van der Waals surface area contributed by atoms with Gasteiger partial charge in [-0.3, -0.25) is 0 Å². The second-order valence-electron chi connectivity index (χ2n) is 4.05. The number of hydrogen-bond donors (Lipinski definition) is 0. The molecule has 0 aliphatic heterocycles. The SMILES string of the molecule is CC1C=CC=CC(SCc2ccccc2F)=C1. The molecule has 1 atom stereocenters. The maximum atomic E-state index is 13.4. The maximum absolute atomic E-state index is 13.4. The summed E-state index contributed by atoms with van der Waals surface area (Å²) in [6, 6.07) is 6.95. The molecular weight excluding hydrogens is 231 g/mol. The molecule has 2 heteroatoms. The highest BCUT2D eigenvalue weighted by molar-refractivity contribution is 8.02. The Morgan fingerprint density at radius 2 is 2.06 bits per heavy atom. The molecule has 0 aromatic heterocycles. The first-order valence-electron chi connectivity index (χ1n) is 5.68. The molecule has 0 amide bonds. The van der Waals surface area contributed by atoms with Gasteiger partial charge in [-0.1, -0.05) is 49.4 Å². The molecule has 1 aliphatic rings. The van der Waals surface area contributed by atoms with E-state index in [1.807, 2.05) is 18.2 Å². The molecule has 0 spiro atoms. The zero-order chi connectivity index (χ0) is 12.1. The van der Waals surface area contributed by atoms with Crippen LogP contribution in [0.25, 0.3) is 0 Å². The molecule has 0 nitrogen and oxygen atoms in total. The minimum Gasteiger partial charge on any atom is -0.207 e. The largest absolute Gasteiger partial charge is 0.207 e. The van der Waals surface area contributed by atoms with Crippen molar-refractivity contribution in [1.82, 2.24) is 0 Å². The van der Waals surface area contributed by atoms with Crippen molar-refractivity contribution in [3.05, 3.63) is 70.9 Å². The molecule has 0 saturated heterocycles. The Bertz CT molecular complexity index is 472. The molecule has 0 heterocycles. The van der Waals surface area contributed by atoms with Crippen molar-refractivity contribution < 1.29 is 4.39 Å². The summed E-state index contributed by atoms with van der Waals surface area (Å²) in [5.41, 5.74) is 0.761. The highest BCUT2D eigenvalue weighted by Gasteiger charge is 2.04. The molecule has 0 saturated carbocycles. The summed E-state index contributed by atoms with van der Waals surface area (Å²) >= 11 is 1.68. The molecule has 1 aromatic carbocycles. The summed E-state index contributed by atoms with van der Waals surface area (Å²) in [6.45, 7) is 2.15. The molecular formula is C15H15FS. The minimum absolute atomic E-state index is 0.121. The number of rotatable bonds is 3. The molecule has 2 rings (SSSR count). The van der Waals surface area contributed by atoms with Crippen LogP contribution in [0.1, 0.15) is 12.5 Å². The first-order chi connectivity index (χ1) is 8.25. The van der Waals surface area contributed by atoms with E-state index in [1.165, 1.54) is 11.0 Å². The molecule has 0 N–H and O–H groups in total. The maximum Gasteiger partial charge on any atom is 0.127 e.